The van der Waals surface area contributed by atoms with Gasteiger partial charge in [0.05, 0.1) is 5.69 Å². The maximum atomic E-state index is 11.9. The van der Waals surface area contributed by atoms with E-state index in [0.717, 1.165) is 30.6 Å². The fourth-order valence-electron chi connectivity index (χ4n) is 4.95. The zero-order valence-electron chi connectivity index (χ0n) is 19.3. The van der Waals surface area contributed by atoms with Crippen LogP contribution in [0.5, 0.6) is 0 Å². The number of piperidine rings is 1. The van der Waals surface area contributed by atoms with E-state index in [-0.39, 0.29) is 17.5 Å². The topological polar surface area (TPSA) is 69.8 Å². The number of H-pyrrole nitrogens is 1. The molecule has 3 heterocycles. The number of rotatable bonds is 5. The van der Waals surface area contributed by atoms with Crippen LogP contribution in [0.3, 0.4) is 0 Å². The Morgan fingerprint density at radius 3 is 2.81 bits per heavy atom. The number of aromatic nitrogens is 2. The van der Waals surface area contributed by atoms with Crippen molar-refractivity contribution in [1.29, 1.82) is 0 Å². The van der Waals surface area contributed by atoms with Crippen LogP contribution in [0.4, 0.5) is 0 Å². The van der Waals surface area contributed by atoms with Gasteiger partial charge >= 0.3 is 0 Å². The van der Waals surface area contributed by atoms with Crippen LogP contribution in [0, 0.1) is 6.92 Å². The van der Waals surface area contributed by atoms with Crippen LogP contribution in [-0.4, -0.2) is 28.5 Å². The van der Waals surface area contributed by atoms with Gasteiger partial charge in [-0.2, -0.15) is 0 Å². The van der Waals surface area contributed by atoms with E-state index in [4.69, 9.17) is 0 Å². The van der Waals surface area contributed by atoms with E-state index in [1.807, 2.05) is 20.0 Å². The zero-order valence-corrected chi connectivity index (χ0v) is 19.3. The summed E-state index contributed by atoms with van der Waals surface area (Å²) in [5, 5.41) is 8.20. The van der Waals surface area contributed by atoms with Crippen LogP contribution in [0.1, 0.15) is 69.7 Å². The predicted octanol–water partition coefficient (Wildman–Crippen LogP) is 5.16. The molecule has 0 spiro atoms. The van der Waals surface area contributed by atoms with E-state index < -0.39 is 0 Å². The van der Waals surface area contributed by atoms with Crippen LogP contribution < -0.4 is 10.6 Å². The average molecular weight is 419 g/mol. The predicted molar refractivity (Wildman–Crippen MR) is 127 cm³/mol. The average Bonchev–Trinajstić information content (AvgIpc) is 3.13. The fraction of sp³-hybridized carbons (Fsp3) is 0.462. The highest BCUT2D eigenvalue weighted by molar-refractivity contribution is 5.92. The highest BCUT2D eigenvalue weighted by atomic mass is 16.1. The molecule has 1 aromatic carbocycles. The molecule has 0 saturated carbocycles. The number of carbonyl (C=O) groups excluding carboxylic acids is 1. The third-order valence-electron chi connectivity index (χ3n) is 6.59. The number of aryl methyl sites for hydroxylation is 1. The van der Waals surface area contributed by atoms with Crippen molar-refractivity contribution in [1.82, 2.24) is 20.6 Å². The molecule has 3 N–H and O–H groups in total. The fourth-order valence-corrected chi connectivity index (χ4v) is 4.95. The molecule has 4 rings (SSSR count). The molecule has 0 aliphatic carbocycles. The largest absolute Gasteiger partial charge is 0.354 e. The molecule has 1 fully saturated rings. The lowest BCUT2D eigenvalue weighted by Gasteiger charge is -2.40. The van der Waals surface area contributed by atoms with Crippen molar-refractivity contribution in [3.8, 4) is 11.3 Å². The van der Waals surface area contributed by atoms with Crippen molar-refractivity contribution in [3.05, 3.63) is 53.3 Å². The van der Waals surface area contributed by atoms with Gasteiger partial charge in [-0.05, 0) is 74.5 Å². The maximum Gasteiger partial charge on any atom is 0.219 e. The first-order valence-electron chi connectivity index (χ1n) is 11.4. The first-order valence-corrected chi connectivity index (χ1v) is 11.4. The van der Waals surface area contributed by atoms with Gasteiger partial charge in [-0.25, -0.2) is 0 Å². The van der Waals surface area contributed by atoms with Crippen LogP contribution in [0.15, 0.2) is 36.5 Å². The number of amides is 1. The number of hydrogen-bond acceptors (Lipinski definition) is 3. The monoisotopic (exact) mass is 418 g/mol. The second kappa shape index (κ2) is 8.46. The molecular weight excluding hydrogens is 384 g/mol. The van der Waals surface area contributed by atoms with E-state index in [2.05, 4.69) is 71.7 Å². The number of benzene rings is 1. The Morgan fingerprint density at radius 1 is 1.29 bits per heavy atom. The molecule has 2 atom stereocenters. The lowest BCUT2D eigenvalue weighted by Crippen LogP contribution is -2.52. The molecule has 164 valence electrons. The Hall–Kier alpha value is -2.66. The van der Waals surface area contributed by atoms with Crippen LogP contribution >= 0.6 is 0 Å². The normalized spacial score (nSPS) is 21.5. The van der Waals surface area contributed by atoms with Crippen molar-refractivity contribution in [3.63, 3.8) is 0 Å². The van der Waals surface area contributed by atoms with Crippen molar-refractivity contribution >= 4 is 16.8 Å². The number of pyridine rings is 1. The number of aromatic amines is 1. The quantitative estimate of drug-likeness (QED) is 0.536. The standard InChI is InChI=1S/C26H34N4O/c1-6-23(31)29-20-10-12-28-26(5,15-20)19-7-8-22-21(14-19)24(16(2)3)25(30-22)18-9-11-27-17(4)13-18/h7-9,11,13-14,16,20,28,30H,6,10,12,15H2,1-5H3,(H,29,31). The van der Waals surface area contributed by atoms with Crippen LogP contribution in [0.2, 0.25) is 0 Å². The summed E-state index contributed by atoms with van der Waals surface area (Å²) in [5.41, 5.74) is 6.99. The summed E-state index contributed by atoms with van der Waals surface area (Å²) in [6.45, 7) is 11.6. The molecule has 1 aliphatic rings. The molecule has 3 aromatic rings. The molecule has 5 nitrogen and oxygen atoms in total. The lowest BCUT2D eigenvalue weighted by atomic mass is 9.81. The smallest absolute Gasteiger partial charge is 0.219 e. The van der Waals surface area contributed by atoms with E-state index >= 15 is 0 Å². The highest BCUT2D eigenvalue weighted by Crippen LogP contribution is 2.38. The molecule has 1 amide bonds. The molecule has 1 aliphatic heterocycles. The minimum absolute atomic E-state index is 0.134. The molecule has 2 unspecified atom stereocenters. The third-order valence-corrected chi connectivity index (χ3v) is 6.59. The van der Waals surface area contributed by atoms with Crippen molar-refractivity contribution in [2.24, 2.45) is 0 Å². The number of nitrogens with one attached hydrogen (secondary N) is 3. The van der Waals surface area contributed by atoms with Gasteiger partial charge < -0.3 is 15.6 Å². The van der Waals surface area contributed by atoms with Gasteiger partial charge in [-0.3, -0.25) is 9.78 Å². The Morgan fingerprint density at radius 2 is 2.10 bits per heavy atom. The number of fused-ring (bicyclic) bond motifs is 1. The summed E-state index contributed by atoms with van der Waals surface area (Å²) >= 11 is 0. The summed E-state index contributed by atoms with van der Waals surface area (Å²) in [7, 11) is 0. The molecule has 1 saturated heterocycles. The molecular formula is C26H34N4O. The highest BCUT2D eigenvalue weighted by Gasteiger charge is 2.34. The van der Waals surface area contributed by atoms with Gasteiger partial charge in [0.2, 0.25) is 5.91 Å². The second-order valence-electron chi connectivity index (χ2n) is 9.38. The first kappa shape index (κ1) is 21.6. The SMILES string of the molecule is CCC(=O)NC1CCNC(C)(c2ccc3[nH]c(-c4ccnc(C)c4)c(C(C)C)c3c2)C1. The van der Waals surface area contributed by atoms with Crippen LogP contribution in [0.25, 0.3) is 22.2 Å². The Balaban J connectivity index is 1.75. The number of carbonyl (C=O) groups is 1. The summed E-state index contributed by atoms with van der Waals surface area (Å²) in [6, 6.07) is 11.2. The Kier molecular flexibility index (Phi) is 5.89. The third kappa shape index (κ3) is 4.24. The maximum absolute atomic E-state index is 11.9. The van der Waals surface area contributed by atoms with Gasteiger partial charge in [0.15, 0.2) is 0 Å². The second-order valence-corrected chi connectivity index (χ2v) is 9.38. The molecule has 0 radical (unpaired) electrons. The summed E-state index contributed by atoms with van der Waals surface area (Å²) in [4.78, 5) is 20.0. The Labute approximate surface area is 185 Å². The molecule has 0 bridgehead atoms. The van der Waals surface area contributed by atoms with Gasteiger partial charge in [0.1, 0.15) is 0 Å². The minimum Gasteiger partial charge on any atom is -0.354 e. The molecule has 2 aromatic heterocycles. The van der Waals surface area contributed by atoms with E-state index in [9.17, 15) is 4.79 Å². The van der Waals surface area contributed by atoms with E-state index in [1.54, 1.807) is 0 Å². The van der Waals surface area contributed by atoms with Gasteiger partial charge in [-0.15, -0.1) is 0 Å². The van der Waals surface area contributed by atoms with Gasteiger partial charge in [-0.1, -0.05) is 26.8 Å². The summed E-state index contributed by atoms with van der Waals surface area (Å²) < 4.78 is 0. The van der Waals surface area contributed by atoms with Crippen molar-refractivity contribution < 1.29 is 4.79 Å². The lowest BCUT2D eigenvalue weighted by molar-refractivity contribution is -0.121. The zero-order chi connectivity index (χ0) is 22.2. The molecule has 31 heavy (non-hydrogen) atoms. The first-order chi connectivity index (χ1) is 14.8. The number of hydrogen-bond donors (Lipinski definition) is 3. The summed E-state index contributed by atoms with van der Waals surface area (Å²) in [5.74, 6) is 0.519. The van der Waals surface area contributed by atoms with E-state index in [0.29, 0.717) is 12.3 Å². The summed E-state index contributed by atoms with van der Waals surface area (Å²) in [6.07, 6.45) is 4.27. The Bertz CT molecular complexity index is 1100. The van der Waals surface area contributed by atoms with Crippen LogP contribution in [-0.2, 0) is 10.3 Å². The van der Waals surface area contributed by atoms with Crippen molar-refractivity contribution in [2.45, 2.75) is 71.4 Å². The van der Waals surface area contributed by atoms with Gasteiger partial charge in [0, 0.05) is 46.4 Å². The van der Waals surface area contributed by atoms with Crippen molar-refractivity contribution in [2.75, 3.05) is 6.54 Å². The number of nitrogens with zero attached hydrogens (tertiary/aromatic N) is 1. The molecule has 5 heteroatoms. The minimum atomic E-state index is -0.170. The van der Waals surface area contributed by atoms with Gasteiger partial charge in [0.25, 0.3) is 0 Å². The van der Waals surface area contributed by atoms with E-state index in [1.165, 1.54) is 27.8 Å².